The summed E-state index contributed by atoms with van der Waals surface area (Å²) in [6, 6.07) is 8.05. The molecule has 0 aliphatic carbocycles. The molecule has 0 bridgehead atoms. The molecule has 1 N–H and O–H groups in total. The third-order valence-corrected chi connectivity index (χ3v) is 6.05. The van der Waals surface area contributed by atoms with Crippen LogP contribution < -0.4 is 15.0 Å². The number of hydrogen-bond acceptors (Lipinski definition) is 6. The number of aromatic nitrogens is 2. The molecule has 178 valence electrons. The van der Waals surface area contributed by atoms with Gasteiger partial charge in [0.05, 0.1) is 22.8 Å². The number of nitrogens with one attached hydrogen (secondary N) is 1. The monoisotopic (exact) mass is 483 g/mol. The lowest BCUT2D eigenvalue weighted by Gasteiger charge is -2.21. The molecule has 0 unspecified atom stereocenters. The summed E-state index contributed by atoms with van der Waals surface area (Å²) in [6.07, 6.45) is 5.68. The van der Waals surface area contributed by atoms with E-state index in [2.05, 4.69) is 34.0 Å². The Balaban J connectivity index is 1.68. The normalized spacial score (nSPS) is 13.7. The molecule has 3 aromatic rings. The molecule has 2 aromatic carbocycles. The molecule has 1 aliphatic heterocycles. The van der Waals surface area contributed by atoms with Crippen LogP contribution >= 0.6 is 11.6 Å². The number of hydrogen-bond donors (Lipinski definition) is 1. The van der Waals surface area contributed by atoms with E-state index in [9.17, 15) is 9.18 Å². The van der Waals surface area contributed by atoms with Crippen LogP contribution in [0.2, 0.25) is 5.02 Å². The number of carbonyl (C=O) groups is 1. The average Bonchev–Trinajstić information content (AvgIpc) is 3.05. The van der Waals surface area contributed by atoms with Crippen LogP contribution in [0.3, 0.4) is 0 Å². The van der Waals surface area contributed by atoms with Gasteiger partial charge in [-0.25, -0.2) is 14.4 Å². The number of amides is 1. The van der Waals surface area contributed by atoms with Crippen LogP contribution in [-0.4, -0.2) is 53.6 Å². The highest BCUT2D eigenvalue weighted by atomic mass is 35.5. The van der Waals surface area contributed by atoms with Gasteiger partial charge < -0.3 is 19.9 Å². The first-order valence-corrected chi connectivity index (χ1v) is 11.7. The Labute approximate surface area is 203 Å². The lowest BCUT2D eigenvalue weighted by Crippen LogP contribution is -2.30. The third-order valence-electron chi connectivity index (χ3n) is 5.76. The fraction of sp³-hybridized carbons (Fsp3) is 0.320. The van der Waals surface area contributed by atoms with Gasteiger partial charge in [0, 0.05) is 36.3 Å². The van der Waals surface area contributed by atoms with Gasteiger partial charge in [-0.15, -0.1) is 0 Å². The minimum Gasteiger partial charge on any atom is -0.491 e. The molecule has 0 radical (unpaired) electrons. The molecule has 7 nitrogen and oxygen atoms in total. The number of benzene rings is 2. The summed E-state index contributed by atoms with van der Waals surface area (Å²) in [7, 11) is 0. The van der Waals surface area contributed by atoms with Crippen molar-refractivity contribution in [1.82, 2.24) is 14.9 Å². The van der Waals surface area contributed by atoms with Crippen LogP contribution in [0, 0.1) is 5.82 Å². The van der Waals surface area contributed by atoms with Crippen molar-refractivity contribution in [2.45, 2.75) is 20.3 Å². The Bertz CT molecular complexity index is 1220. The van der Waals surface area contributed by atoms with E-state index in [0.717, 1.165) is 19.6 Å². The zero-order chi connectivity index (χ0) is 24.1. The summed E-state index contributed by atoms with van der Waals surface area (Å²) in [5.41, 5.74) is 1.91. The third kappa shape index (κ3) is 5.29. The maximum absolute atomic E-state index is 13.6. The number of likely N-dealkylation sites (N-methyl/N-ethyl adjacent to an activating group) is 1. The summed E-state index contributed by atoms with van der Waals surface area (Å²) in [6.45, 7) is 7.82. The minimum atomic E-state index is -0.495. The molecule has 0 saturated carbocycles. The van der Waals surface area contributed by atoms with Crippen molar-refractivity contribution in [2.75, 3.05) is 43.0 Å². The second-order valence-electron chi connectivity index (χ2n) is 7.89. The van der Waals surface area contributed by atoms with E-state index >= 15 is 0 Å². The Hall–Kier alpha value is -3.23. The lowest BCUT2D eigenvalue weighted by atomic mass is 10.1. The van der Waals surface area contributed by atoms with E-state index in [1.54, 1.807) is 17.0 Å². The standard InChI is InChI=1S/C25H27ClFN5O2/c1-3-31(4-2)10-5-7-24(33)32-11-6-12-34-23-15-21-18(14-22(23)32)25(29-16-28-21)30-17-8-9-20(27)19(26)13-17/h5,7-9,13-16H,3-4,6,10-12H2,1-2H3,(H,28,29,30)/b7-5+. The fourth-order valence-corrected chi connectivity index (χ4v) is 4.02. The maximum atomic E-state index is 13.6. The van der Waals surface area contributed by atoms with Gasteiger partial charge in [-0.3, -0.25) is 4.79 Å². The Kier molecular flexibility index (Phi) is 7.59. The van der Waals surface area contributed by atoms with Crippen molar-refractivity contribution in [1.29, 1.82) is 0 Å². The highest BCUT2D eigenvalue weighted by Crippen LogP contribution is 2.37. The fourth-order valence-electron chi connectivity index (χ4n) is 3.84. The predicted octanol–water partition coefficient (Wildman–Crippen LogP) is 5.18. The molecule has 1 aromatic heterocycles. The molecule has 0 spiro atoms. The molecule has 0 saturated heterocycles. The quantitative estimate of drug-likeness (QED) is 0.467. The Morgan fingerprint density at radius 1 is 1.26 bits per heavy atom. The minimum absolute atomic E-state index is 0.0129. The van der Waals surface area contributed by atoms with Gasteiger partial charge >= 0.3 is 0 Å². The first-order chi connectivity index (χ1) is 16.5. The van der Waals surface area contributed by atoms with Gasteiger partial charge in [0.25, 0.3) is 5.91 Å². The lowest BCUT2D eigenvalue weighted by molar-refractivity contribution is -0.114. The van der Waals surface area contributed by atoms with Gasteiger partial charge in [-0.2, -0.15) is 0 Å². The van der Waals surface area contributed by atoms with Crippen molar-refractivity contribution in [2.24, 2.45) is 0 Å². The largest absolute Gasteiger partial charge is 0.491 e. The molecule has 0 atom stereocenters. The number of halogens is 2. The highest BCUT2D eigenvalue weighted by Gasteiger charge is 2.23. The van der Waals surface area contributed by atoms with Gasteiger partial charge in [-0.05, 0) is 43.8 Å². The number of ether oxygens (including phenoxy) is 1. The number of anilines is 3. The number of fused-ring (bicyclic) bond motifs is 2. The van der Waals surface area contributed by atoms with E-state index < -0.39 is 5.82 Å². The van der Waals surface area contributed by atoms with Crippen molar-refractivity contribution in [3.63, 3.8) is 0 Å². The summed E-state index contributed by atoms with van der Waals surface area (Å²) in [4.78, 5) is 25.8. The first kappa shape index (κ1) is 23.9. The van der Waals surface area contributed by atoms with Gasteiger partial charge in [0.1, 0.15) is 23.7 Å². The first-order valence-electron chi connectivity index (χ1n) is 11.3. The molecule has 34 heavy (non-hydrogen) atoms. The molecule has 4 rings (SSSR count). The number of carbonyl (C=O) groups excluding carboxylic acids is 1. The van der Waals surface area contributed by atoms with E-state index in [-0.39, 0.29) is 10.9 Å². The van der Waals surface area contributed by atoms with Crippen LogP contribution in [0.5, 0.6) is 5.75 Å². The summed E-state index contributed by atoms with van der Waals surface area (Å²) in [5.74, 6) is 0.523. The second-order valence-corrected chi connectivity index (χ2v) is 8.30. The second kappa shape index (κ2) is 10.8. The number of nitrogens with zero attached hydrogens (tertiary/aromatic N) is 4. The van der Waals surface area contributed by atoms with Crippen LogP contribution in [0.25, 0.3) is 10.9 Å². The molecule has 9 heteroatoms. The summed E-state index contributed by atoms with van der Waals surface area (Å²) < 4.78 is 19.5. The van der Waals surface area contributed by atoms with Crippen molar-refractivity contribution < 1.29 is 13.9 Å². The molecule has 1 amide bonds. The molecular weight excluding hydrogens is 457 g/mol. The molecular formula is C25H27ClFN5O2. The van der Waals surface area contributed by atoms with Crippen molar-refractivity contribution in [3.8, 4) is 5.75 Å². The van der Waals surface area contributed by atoms with Crippen LogP contribution in [0.4, 0.5) is 21.6 Å². The zero-order valence-electron chi connectivity index (χ0n) is 19.2. The van der Waals surface area contributed by atoms with Gasteiger partial charge in [0.2, 0.25) is 0 Å². The Morgan fingerprint density at radius 3 is 2.85 bits per heavy atom. The maximum Gasteiger partial charge on any atom is 0.250 e. The molecule has 0 fully saturated rings. The van der Waals surface area contributed by atoms with E-state index in [1.807, 2.05) is 18.2 Å². The van der Waals surface area contributed by atoms with Gasteiger partial charge in [0.15, 0.2) is 0 Å². The van der Waals surface area contributed by atoms with Crippen LogP contribution in [-0.2, 0) is 4.79 Å². The SMILES string of the molecule is CCN(CC)C/C=C/C(=O)N1CCCOc2cc3ncnc(Nc4ccc(F)c(Cl)c4)c3cc21. The molecule has 1 aliphatic rings. The van der Waals surface area contributed by atoms with Gasteiger partial charge in [-0.1, -0.05) is 31.5 Å². The van der Waals surface area contributed by atoms with Crippen molar-refractivity contribution in [3.05, 3.63) is 59.7 Å². The van der Waals surface area contributed by atoms with Crippen LogP contribution in [0.15, 0.2) is 48.8 Å². The van der Waals surface area contributed by atoms with Crippen molar-refractivity contribution >= 4 is 45.6 Å². The van der Waals surface area contributed by atoms with E-state index in [1.165, 1.54) is 18.5 Å². The predicted molar refractivity (Wildman–Crippen MR) is 134 cm³/mol. The molecule has 2 heterocycles. The number of rotatable bonds is 7. The Morgan fingerprint density at radius 2 is 2.09 bits per heavy atom. The van der Waals surface area contributed by atoms with E-state index in [4.69, 9.17) is 16.3 Å². The van der Waals surface area contributed by atoms with Crippen LogP contribution in [0.1, 0.15) is 20.3 Å². The average molecular weight is 484 g/mol. The topological polar surface area (TPSA) is 70.6 Å². The van der Waals surface area contributed by atoms with E-state index in [0.29, 0.717) is 53.4 Å². The summed E-state index contributed by atoms with van der Waals surface area (Å²) >= 11 is 5.93. The smallest absolute Gasteiger partial charge is 0.250 e. The zero-order valence-corrected chi connectivity index (χ0v) is 20.0. The summed E-state index contributed by atoms with van der Waals surface area (Å²) in [5, 5.41) is 3.89. The highest BCUT2D eigenvalue weighted by molar-refractivity contribution is 6.31.